The van der Waals surface area contributed by atoms with Crippen LogP contribution in [-0.4, -0.2) is 12.8 Å². The van der Waals surface area contributed by atoms with E-state index in [0.717, 1.165) is 41.8 Å². The van der Waals surface area contributed by atoms with E-state index in [0.29, 0.717) is 5.56 Å². The van der Waals surface area contributed by atoms with Gasteiger partial charge in [-0.05, 0) is 43.2 Å². The molecule has 0 aromatic heterocycles. The number of carbonyl (C=O) groups is 1. The first-order valence-corrected chi connectivity index (χ1v) is 6.31. The molecule has 3 rings (SSSR count). The largest absolute Gasteiger partial charge is 0.340 e. The second-order valence-corrected chi connectivity index (χ2v) is 4.85. The van der Waals surface area contributed by atoms with Gasteiger partial charge in [0.25, 0.3) is 0 Å². The van der Waals surface area contributed by atoms with Crippen LogP contribution in [0.2, 0.25) is 0 Å². The Bertz CT molecular complexity index is 651. The SMILES string of the molecule is Cc1ccc(N2CCc3ccc(F)cc32)c(C=O)c1. The molecule has 1 heterocycles. The van der Waals surface area contributed by atoms with Gasteiger partial charge in [-0.15, -0.1) is 0 Å². The van der Waals surface area contributed by atoms with Crippen molar-refractivity contribution in [2.75, 3.05) is 11.4 Å². The Morgan fingerprint density at radius 2 is 2.00 bits per heavy atom. The maximum absolute atomic E-state index is 13.4. The van der Waals surface area contributed by atoms with Gasteiger partial charge in [-0.25, -0.2) is 4.39 Å². The molecule has 0 amide bonds. The lowest BCUT2D eigenvalue weighted by Crippen LogP contribution is -2.15. The lowest BCUT2D eigenvalue weighted by Gasteiger charge is -2.21. The summed E-state index contributed by atoms with van der Waals surface area (Å²) in [5.74, 6) is -0.245. The summed E-state index contributed by atoms with van der Waals surface area (Å²) in [6, 6.07) is 10.6. The lowest BCUT2D eigenvalue weighted by atomic mass is 10.1. The van der Waals surface area contributed by atoms with Gasteiger partial charge in [-0.3, -0.25) is 4.79 Å². The highest BCUT2D eigenvalue weighted by atomic mass is 19.1. The number of aryl methyl sites for hydroxylation is 1. The van der Waals surface area contributed by atoms with E-state index in [9.17, 15) is 9.18 Å². The molecule has 3 heteroatoms. The first-order chi connectivity index (χ1) is 9.19. The summed E-state index contributed by atoms with van der Waals surface area (Å²) in [7, 11) is 0. The minimum absolute atomic E-state index is 0.245. The zero-order valence-electron chi connectivity index (χ0n) is 10.7. The van der Waals surface area contributed by atoms with Gasteiger partial charge in [0.1, 0.15) is 5.82 Å². The second kappa shape index (κ2) is 4.50. The Labute approximate surface area is 111 Å². The number of benzene rings is 2. The van der Waals surface area contributed by atoms with Crippen molar-refractivity contribution in [3.8, 4) is 0 Å². The summed E-state index contributed by atoms with van der Waals surface area (Å²) in [4.78, 5) is 13.2. The zero-order chi connectivity index (χ0) is 13.4. The van der Waals surface area contributed by atoms with E-state index < -0.39 is 0 Å². The number of hydrogen-bond donors (Lipinski definition) is 0. The molecule has 0 bridgehead atoms. The summed E-state index contributed by atoms with van der Waals surface area (Å²) in [5.41, 5.74) is 4.54. The second-order valence-electron chi connectivity index (χ2n) is 4.85. The molecule has 2 aromatic carbocycles. The molecule has 0 spiro atoms. The van der Waals surface area contributed by atoms with Gasteiger partial charge in [0.15, 0.2) is 6.29 Å². The molecular weight excluding hydrogens is 241 g/mol. The molecule has 1 aliphatic heterocycles. The number of rotatable bonds is 2. The molecule has 2 nitrogen and oxygen atoms in total. The van der Waals surface area contributed by atoms with Gasteiger partial charge in [-0.2, -0.15) is 0 Å². The Balaban J connectivity index is 2.11. The number of fused-ring (bicyclic) bond motifs is 1. The fourth-order valence-electron chi connectivity index (χ4n) is 2.62. The van der Waals surface area contributed by atoms with Crippen LogP contribution in [-0.2, 0) is 6.42 Å². The molecule has 2 aromatic rings. The van der Waals surface area contributed by atoms with Gasteiger partial charge in [-0.1, -0.05) is 17.7 Å². The van der Waals surface area contributed by atoms with Crippen molar-refractivity contribution >= 4 is 17.7 Å². The minimum atomic E-state index is -0.245. The molecule has 1 aliphatic rings. The summed E-state index contributed by atoms with van der Waals surface area (Å²) < 4.78 is 13.4. The highest BCUT2D eigenvalue weighted by Crippen LogP contribution is 2.36. The maximum atomic E-state index is 13.4. The summed E-state index contributed by atoms with van der Waals surface area (Å²) in [6.07, 6.45) is 1.74. The van der Waals surface area contributed by atoms with Crippen molar-refractivity contribution in [2.24, 2.45) is 0 Å². The first kappa shape index (κ1) is 11.9. The molecule has 0 fully saturated rings. The van der Waals surface area contributed by atoms with E-state index in [4.69, 9.17) is 0 Å². The molecule has 0 N–H and O–H groups in total. The van der Waals surface area contributed by atoms with Crippen LogP contribution in [0.1, 0.15) is 21.5 Å². The normalized spacial score (nSPS) is 13.5. The zero-order valence-corrected chi connectivity index (χ0v) is 10.7. The Morgan fingerprint density at radius 1 is 1.16 bits per heavy atom. The monoisotopic (exact) mass is 255 g/mol. The summed E-state index contributed by atoms with van der Waals surface area (Å²) in [6.45, 7) is 2.73. The number of nitrogens with zero attached hydrogens (tertiary/aromatic N) is 1. The molecule has 0 atom stereocenters. The Morgan fingerprint density at radius 3 is 2.79 bits per heavy atom. The van der Waals surface area contributed by atoms with Gasteiger partial charge < -0.3 is 4.90 Å². The van der Waals surface area contributed by atoms with E-state index in [1.54, 1.807) is 0 Å². The third kappa shape index (κ3) is 2.01. The molecule has 19 heavy (non-hydrogen) atoms. The molecule has 96 valence electrons. The fourth-order valence-corrected chi connectivity index (χ4v) is 2.62. The van der Waals surface area contributed by atoms with Crippen LogP contribution in [0, 0.1) is 12.7 Å². The highest BCUT2D eigenvalue weighted by Gasteiger charge is 2.22. The van der Waals surface area contributed by atoms with Gasteiger partial charge in [0, 0.05) is 17.8 Å². The van der Waals surface area contributed by atoms with Crippen molar-refractivity contribution in [2.45, 2.75) is 13.3 Å². The fraction of sp³-hybridized carbons (Fsp3) is 0.188. The molecule has 0 radical (unpaired) electrons. The number of hydrogen-bond acceptors (Lipinski definition) is 2. The van der Waals surface area contributed by atoms with Gasteiger partial charge in [0.05, 0.1) is 5.69 Å². The third-order valence-electron chi connectivity index (χ3n) is 3.54. The molecule has 0 aliphatic carbocycles. The first-order valence-electron chi connectivity index (χ1n) is 6.31. The van der Waals surface area contributed by atoms with Crippen LogP contribution >= 0.6 is 0 Å². The standard InChI is InChI=1S/C16H14FNO/c1-11-2-5-15(13(8-11)10-19)18-7-6-12-3-4-14(17)9-16(12)18/h2-5,8-10H,6-7H2,1H3. The van der Waals surface area contributed by atoms with E-state index in [2.05, 4.69) is 0 Å². The van der Waals surface area contributed by atoms with Crippen LogP contribution in [0.3, 0.4) is 0 Å². The van der Waals surface area contributed by atoms with Crippen LogP contribution < -0.4 is 4.90 Å². The van der Waals surface area contributed by atoms with Crippen LogP contribution in [0.15, 0.2) is 36.4 Å². The average Bonchev–Trinajstić information content (AvgIpc) is 2.81. The maximum Gasteiger partial charge on any atom is 0.152 e. The summed E-state index contributed by atoms with van der Waals surface area (Å²) >= 11 is 0. The molecule has 0 saturated carbocycles. The van der Waals surface area contributed by atoms with E-state index in [1.807, 2.05) is 36.1 Å². The highest BCUT2D eigenvalue weighted by molar-refractivity contribution is 5.88. The number of halogens is 1. The molecule has 0 saturated heterocycles. The van der Waals surface area contributed by atoms with E-state index in [-0.39, 0.29) is 5.82 Å². The average molecular weight is 255 g/mol. The van der Waals surface area contributed by atoms with Crippen LogP contribution in [0.5, 0.6) is 0 Å². The van der Waals surface area contributed by atoms with Crippen molar-refractivity contribution in [1.29, 1.82) is 0 Å². The Kier molecular flexibility index (Phi) is 2.82. The number of anilines is 2. The van der Waals surface area contributed by atoms with E-state index >= 15 is 0 Å². The minimum Gasteiger partial charge on any atom is -0.340 e. The van der Waals surface area contributed by atoms with Crippen LogP contribution in [0.25, 0.3) is 0 Å². The lowest BCUT2D eigenvalue weighted by molar-refractivity contribution is 0.112. The van der Waals surface area contributed by atoms with Gasteiger partial charge >= 0.3 is 0 Å². The Hall–Kier alpha value is -2.16. The summed E-state index contributed by atoms with van der Waals surface area (Å²) in [5, 5.41) is 0. The van der Waals surface area contributed by atoms with Crippen molar-refractivity contribution in [3.05, 3.63) is 58.9 Å². The van der Waals surface area contributed by atoms with Crippen molar-refractivity contribution < 1.29 is 9.18 Å². The third-order valence-corrected chi connectivity index (χ3v) is 3.54. The predicted molar refractivity (Wildman–Crippen MR) is 73.7 cm³/mol. The smallest absolute Gasteiger partial charge is 0.152 e. The van der Waals surface area contributed by atoms with E-state index in [1.165, 1.54) is 12.1 Å². The number of carbonyl (C=O) groups excluding carboxylic acids is 1. The molecule has 0 unspecified atom stereocenters. The van der Waals surface area contributed by atoms with Gasteiger partial charge in [0.2, 0.25) is 0 Å². The predicted octanol–water partition coefficient (Wildman–Crippen LogP) is 3.64. The van der Waals surface area contributed by atoms with Crippen molar-refractivity contribution in [1.82, 2.24) is 0 Å². The topological polar surface area (TPSA) is 20.3 Å². The van der Waals surface area contributed by atoms with Crippen LogP contribution in [0.4, 0.5) is 15.8 Å². The molecular formula is C16H14FNO. The van der Waals surface area contributed by atoms with Crippen molar-refractivity contribution in [3.63, 3.8) is 0 Å². The quantitative estimate of drug-likeness (QED) is 0.763. The number of aldehydes is 1.